The second-order valence-electron chi connectivity index (χ2n) is 6.48. The molecule has 0 radical (unpaired) electrons. The Labute approximate surface area is 160 Å². The van der Waals surface area contributed by atoms with Crippen LogP contribution in [0.15, 0.2) is 46.9 Å². The quantitative estimate of drug-likeness (QED) is 0.652. The van der Waals surface area contributed by atoms with E-state index in [1.165, 1.54) is 12.1 Å². The lowest BCUT2D eigenvalue weighted by atomic mass is 10.1. The van der Waals surface area contributed by atoms with Crippen LogP contribution in [0.1, 0.15) is 24.8 Å². The Kier molecular flexibility index (Phi) is 4.90. The molecule has 0 atom stereocenters. The summed E-state index contributed by atoms with van der Waals surface area (Å²) in [6.07, 6.45) is 2.65. The normalized spacial score (nSPS) is 14.6. The van der Waals surface area contributed by atoms with E-state index in [0.29, 0.717) is 13.0 Å². The van der Waals surface area contributed by atoms with Gasteiger partial charge in [0, 0.05) is 25.1 Å². The van der Waals surface area contributed by atoms with Gasteiger partial charge < -0.3 is 9.32 Å². The highest BCUT2D eigenvalue weighted by Gasteiger charge is 2.19. The van der Waals surface area contributed by atoms with Gasteiger partial charge >= 0.3 is 0 Å². The first kappa shape index (κ1) is 17.7. The summed E-state index contributed by atoms with van der Waals surface area (Å²) in [7, 11) is 0. The molecule has 0 bridgehead atoms. The van der Waals surface area contributed by atoms with E-state index in [1.807, 2.05) is 29.2 Å². The molecule has 5 nitrogen and oxygen atoms in total. The van der Waals surface area contributed by atoms with Gasteiger partial charge in [0.05, 0.1) is 10.6 Å². The minimum Gasteiger partial charge on any atom is -0.416 e. The van der Waals surface area contributed by atoms with Gasteiger partial charge in [0.25, 0.3) is 5.89 Å². The summed E-state index contributed by atoms with van der Waals surface area (Å²) in [5, 5.41) is 8.13. The molecule has 2 aromatic carbocycles. The van der Waals surface area contributed by atoms with Gasteiger partial charge in [-0.2, -0.15) is 0 Å². The Bertz CT molecular complexity index is 951. The van der Waals surface area contributed by atoms with Crippen LogP contribution in [0.3, 0.4) is 0 Å². The van der Waals surface area contributed by atoms with Crippen molar-refractivity contribution in [3.63, 3.8) is 0 Å². The fourth-order valence-electron chi connectivity index (χ4n) is 3.15. The largest absolute Gasteiger partial charge is 0.416 e. The zero-order valence-corrected chi connectivity index (χ0v) is 15.2. The van der Waals surface area contributed by atoms with Gasteiger partial charge in [0.15, 0.2) is 0 Å². The van der Waals surface area contributed by atoms with Crippen molar-refractivity contribution in [2.45, 2.75) is 25.8 Å². The van der Waals surface area contributed by atoms with E-state index >= 15 is 0 Å². The van der Waals surface area contributed by atoms with Crippen LogP contribution in [-0.2, 0) is 11.3 Å². The monoisotopic (exact) mass is 385 g/mol. The number of piperidine rings is 1. The third-order valence-electron chi connectivity index (χ3n) is 4.60. The van der Waals surface area contributed by atoms with Crippen molar-refractivity contribution in [3.8, 4) is 22.9 Å². The number of halogens is 2. The van der Waals surface area contributed by atoms with Gasteiger partial charge in [0.1, 0.15) is 5.82 Å². The fraction of sp³-hybridized carbons (Fsp3) is 0.250. The highest BCUT2D eigenvalue weighted by atomic mass is 35.5. The predicted molar refractivity (Wildman–Crippen MR) is 99.4 cm³/mol. The molecule has 3 aromatic rings. The predicted octanol–water partition coefficient (Wildman–Crippen LogP) is 4.71. The van der Waals surface area contributed by atoms with Crippen molar-refractivity contribution in [3.05, 3.63) is 58.9 Å². The SMILES string of the molecule is O=C1CCCCN1Cc1ccc(-c2nnc(-c3c(F)cccc3Cl)o2)cc1. The maximum atomic E-state index is 14.0. The minimum atomic E-state index is -0.515. The number of hydrogen-bond donors (Lipinski definition) is 0. The first-order valence-electron chi connectivity index (χ1n) is 8.77. The van der Waals surface area contributed by atoms with E-state index in [0.717, 1.165) is 30.5 Å². The van der Waals surface area contributed by atoms with Crippen LogP contribution >= 0.6 is 11.6 Å². The standard InChI is InChI=1S/C20H17ClFN3O2/c21-15-4-3-5-16(22)18(15)20-24-23-19(27-20)14-9-7-13(8-10-14)12-25-11-2-1-6-17(25)26/h3-5,7-10H,1-2,6,11-12H2. The van der Waals surface area contributed by atoms with E-state index in [4.69, 9.17) is 16.0 Å². The molecule has 4 rings (SSSR count). The van der Waals surface area contributed by atoms with Gasteiger partial charge in [-0.15, -0.1) is 10.2 Å². The van der Waals surface area contributed by atoms with Crippen LogP contribution in [0.2, 0.25) is 5.02 Å². The third-order valence-corrected chi connectivity index (χ3v) is 4.91. The molecule has 1 fully saturated rings. The molecule has 1 aliphatic heterocycles. The third kappa shape index (κ3) is 3.71. The van der Waals surface area contributed by atoms with Gasteiger partial charge in [-0.05, 0) is 42.7 Å². The van der Waals surface area contributed by atoms with E-state index in [-0.39, 0.29) is 28.3 Å². The van der Waals surface area contributed by atoms with Gasteiger partial charge in [0.2, 0.25) is 11.8 Å². The molecule has 7 heteroatoms. The lowest BCUT2D eigenvalue weighted by Crippen LogP contribution is -2.34. The van der Waals surface area contributed by atoms with Crippen molar-refractivity contribution < 1.29 is 13.6 Å². The number of amides is 1. The summed E-state index contributed by atoms with van der Waals surface area (Å²) in [6, 6.07) is 11.9. The number of carbonyl (C=O) groups is 1. The van der Waals surface area contributed by atoms with E-state index in [9.17, 15) is 9.18 Å². The number of likely N-dealkylation sites (tertiary alicyclic amines) is 1. The van der Waals surface area contributed by atoms with Crippen molar-refractivity contribution in [2.75, 3.05) is 6.54 Å². The molecule has 138 valence electrons. The highest BCUT2D eigenvalue weighted by Crippen LogP contribution is 2.31. The second kappa shape index (κ2) is 7.48. The van der Waals surface area contributed by atoms with Crippen molar-refractivity contribution in [1.29, 1.82) is 0 Å². The van der Waals surface area contributed by atoms with E-state index in [2.05, 4.69) is 10.2 Å². The molecule has 0 unspecified atom stereocenters. The van der Waals surface area contributed by atoms with Gasteiger partial charge in [-0.3, -0.25) is 4.79 Å². The Hall–Kier alpha value is -2.73. The molecule has 1 saturated heterocycles. The summed E-state index contributed by atoms with van der Waals surface area (Å²) in [4.78, 5) is 13.8. The molecule has 0 N–H and O–H groups in total. The number of aromatic nitrogens is 2. The van der Waals surface area contributed by atoms with Gasteiger partial charge in [-0.25, -0.2) is 4.39 Å². The zero-order chi connectivity index (χ0) is 18.8. The highest BCUT2D eigenvalue weighted by molar-refractivity contribution is 6.33. The number of rotatable bonds is 4. The van der Waals surface area contributed by atoms with Crippen LogP contribution < -0.4 is 0 Å². The van der Waals surface area contributed by atoms with E-state index in [1.54, 1.807) is 6.07 Å². The first-order valence-corrected chi connectivity index (χ1v) is 9.14. The fourth-order valence-corrected chi connectivity index (χ4v) is 3.39. The molecule has 1 amide bonds. The topological polar surface area (TPSA) is 59.2 Å². The Balaban J connectivity index is 1.53. The van der Waals surface area contributed by atoms with Crippen LogP contribution in [0, 0.1) is 5.82 Å². The summed E-state index contributed by atoms with van der Waals surface area (Å²) in [6.45, 7) is 1.40. The lowest BCUT2D eigenvalue weighted by Gasteiger charge is -2.26. The summed E-state index contributed by atoms with van der Waals surface area (Å²) in [5.74, 6) is 0.00823. The maximum Gasteiger partial charge on any atom is 0.252 e. The van der Waals surface area contributed by atoms with E-state index < -0.39 is 5.82 Å². The smallest absolute Gasteiger partial charge is 0.252 e. The number of hydrogen-bond acceptors (Lipinski definition) is 4. The minimum absolute atomic E-state index is 0.0380. The molecular formula is C20H17ClFN3O2. The van der Waals surface area contributed by atoms with Crippen LogP contribution in [0.4, 0.5) is 4.39 Å². The van der Waals surface area contributed by atoms with Crippen LogP contribution in [0.25, 0.3) is 22.9 Å². The number of carbonyl (C=O) groups excluding carboxylic acids is 1. The Morgan fingerprint density at radius 3 is 2.59 bits per heavy atom. The molecular weight excluding hydrogens is 369 g/mol. The number of benzene rings is 2. The maximum absolute atomic E-state index is 14.0. The molecule has 0 saturated carbocycles. The molecule has 0 aliphatic carbocycles. The van der Waals surface area contributed by atoms with Crippen LogP contribution in [-0.4, -0.2) is 27.5 Å². The average molecular weight is 386 g/mol. The molecule has 0 spiro atoms. The average Bonchev–Trinajstić information content (AvgIpc) is 3.14. The first-order chi connectivity index (χ1) is 13.1. The van der Waals surface area contributed by atoms with Crippen molar-refractivity contribution in [1.82, 2.24) is 15.1 Å². The number of nitrogens with zero attached hydrogens (tertiary/aromatic N) is 3. The zero-order valence-electron chi connectivity index (χ0n) is 14.5. The summed E-state index contributed by atoms with van der Waals surface area (Å²) < 4.78 is 19.6. The lowest BCUT2D eigenvalue weighted by molar-refractivity contribution is -0.133. The van der Waals surface area contributed by atoms with Crippen LogP contribution in [0.5, 0.6) is 0 Å². The van der Waals surface area contributed by atoms with Gasteiger partial charge in [-0.1, -0.05) is 29.8 Å². The Morgan fingerprint density at radius 2 is 1.85 bits per heavy atom. The van der Waals surface area contributed by atoms with Crippen molar-refractivity contribution >= 4 is 17.5 Å². The second-order valence-corrected chi connectivity index (χ2v) is 6.89. The Morgan fingerprint density at radius 1 is 1.07 bits per heavy atom. The molecule has 27 heavy (non-hydrogen) atoms. The molecule has 1 aromatic heterocycles. The summed E-state index contributed by atoms with van der Waals surface area (Å²) in [5.41, 5.74) is 1.85. The van der Waals surface area contributed by atoms with Crippen molar-refractivity contribution in [2.24, 2.45) is 0 Å². The molecule has 2 heterocycles. The molecule has 1 aliphatic rings. The summed E-state index contributed by atoms with van der Waals surface area (Å²) >= 11 is 6.04.